The minimum absolute atomic E-state index is 0.0000355. The molecule has 0 saturated carbocycles. The van der Waals surface area contributed by atoms with E-state index in [1.807, 2.05) is 25.8 Å². The predicted octanol–water partition coefficient (Wildman–Crippen LogP) is 1.22. The minimum Gasteiger partial charge on any atom is -0.497 e. The Kier molecular flexibility index (Phi) is 6.20. The predicted molar refractivity (Wildman–Crippen MR) is 93.2 cm³/mol. The van der Waals surface area contributed by atoms with E-state index in [4.69, 9.17) is 4.74 Å². The van der Waals surface area contributed by atoms with Crippen molar-refractivity contribution in [1.82, 2.24) is 15.1 Å². The van der Waals surface area contributed by atoms with Crippen LogP contribution in [-0.4, -0.2) is 68.0 Å². The van der Waals surface area contributed by atoms with Crippen LogP contribution < -0.4 is 10.1 Å². The number of carbonyl (C=O) groups excluding carboxylic acids is 2. The summed E-state index contributed by atoms with van der Waals surface area (Å²) in [5.74, 6) is 0.485. The molecule has 1 aromatic carbocycles. The summed E-state index contributed by atoms with van der Waals surface area (Å²) in [5.41, 5.74) is 0.521. The maximum Gasteiger partial charge on any atom is 0.251 e. The second kappa shape index (κ2) is 8.15. The Morgan fingerprint density at radius 1 is 1.08 bits per heavy atom. The maximum absolute atomic E-state index is 12.8. The second-order valence-corrected chi connectivity index (χ2v) is 6.55. The summed E-state index contributed by atoms with van der Waals surface area (Å²) in [4.78, 5) is 29.3. The first-order valence-electron chi connectivity index (χ1n) is 8.34. The lowest BCUT2D eigenvalue weighted by Gasteiger charge is -2.35. The van der Waals surface area contributed by atoms with Crippen molar-refractivity contribution in [2.45, 2.75) is 19.9 Å². The molecule has 132 valence electrons. The fourth-order valence-electron chi connectivity index (χ4n) is 2.70. The van der Waals surface area contributed by atoms with Crippen LogP contribution in [0, 0.1) is 5.92 Å². The third-order valence-electron chi connectivity index (χ3n) is 4.39. The third kappa shape index (κ3) is 4.47. The van der Waals surface area contributed by atoms with Crippen LogP contribution in [-0.2, 0) is 4.79 Å². The smallest absolute Gasteiger partial charge is 0.251 e. The summed E-state index contributed by atoms with van der Waals surface area (Å²) in [6, 6.07) is 6.36. The van der Waals surface area contributed by atoms with Crippen molar-refractivity contribution < 1.29 is 14.3 Å². The van der Waals surface area contributed by atoms with E-state index in [-0.39, 0.29) is 17.7 Å². The van der Waals surface area contributed by atoms with Gasteiger partial charge < -0.3 is 19.9 Å². The van der Waals surface area contributed by atoms with Crippen LogP contribution in [0.4, 0.5) is 0 Å². The fourth-order valence-corrected chi connectivity index (χ4v) is 2.70. The highest BCUT2D eigenvalue weighted by Crippen LogP contribution is 2.13. The van der Waals surface area contributed by atoms with Crippen LogP contribution in [0.1, 0.15) is 24.2 Å². The molecule has 0 radical (unpaired) electrons. The quantitative estimate of drug-likeness (QED) is 0.880. The van der Waals surface area contributed by atoms with E-state index < -0.39 is 6.04 Å². The molecule has 1 fully saturated rings. The van der Waals surface area contributed by atoms with Gasteiger partial charge in [-0.3, -0.25) is 9.59 Å². The zero-order valence-corrected chi connectivity index (χ0v) is 14.9. The number of carbonyl (C=O) groups is 2. The summed E-state index contributed by atoms with van der Waals surface area (Å²) in [7, 11) is 3.63. The third-order valence-corrected chi connectivity index (χ3v) is 4.39. The topological polar surface area (TPSA) is 61.9 Å². The average molecular weight is 333 g/mol. The molecule has 1 aliphatic rings. The molecule has 1 saturated heterocycles. The van der Waals surface area contributed by atoms with Gasteiger partial charge in [-0.2, -0.15) is 0 Å². The molecule has 6 nitrogen and oxygen atoms in total. The molecular formula is C18H27N3O3. The Morgan fingerprint density at radius 2 is 1.67 bits per heavy atom. The van der Waals surface area contributed by atoms with Crippen LogP contribution in [0.25, 0.3) is 0 Å². The van der Waals surface area contributed by atoms with E-state index in [9.17, 15) is 9.59 Å². The molecule has 1 aliphatic heterocycles. The molecule has 1 N–H and O–H groups in total. The highest BCUT2D eigenvalue weighted by Gasteiger charge is 2.30. The summed E-state index contributed by atoms with van der Waals surface area (Å²) in [5, 5.41) is 2.89. The molecule has 24 heavy (non-hydrogen) atoms. The highest BCUT2D eigenvalue weighted by molar-refractivity contribution is 5.97. The lowest BCUT2D eigenvalue weighted by molar-refractivity contribution is -0.135. The molecule has 1 heterocycles. The second-order valence-electron chi connectivity index (χ2n) is 6.55. The number of likely N-dealkylation sites (N-methyl/N-ethyl adjacent to an activating group) is 1. The number of rotatable bonds is 5. The number of nitrogens with zero attached hydrogens (tertiary/aromatic N) is 2. The number of benzene rings is 1. The van der Waals surface area contributed by atoms with Crippen LogP contribution >= 0.6 is 0 Å². The lowest BCUT2D eigenvalue weighted by Crippen LogP contribution is -2.55. The number of ether oxygens (including phenoxy) is 1. The van der Waals surface area contributed by atoms with E-state index in [0.29, 0.717) is 24.4 Å². The van der Waals surface area contributed by atoms with Crippen molar-refractivity contribution >= 4 is 11.8 Å². The van der Waals surface area contributed by atoms with E-state index >= 15 is 0 Å². The van der Waals surface area contributed by atoms with Crippen molar-refractivity contribution in [2.24, 2.45) is 5.92 Å². The first-order chi connectivity index (χ1) is 11.4. The number of hydrogen-bond donors (Lipinski definition) is 1. The fraction of sp³-hybridized carbons (Fsp3) is 0.556. The Labute approximate surface area is 143 Å². The van der Waals surface area contributed by atoms with Gasteiger partial charge in [-0.05, 0) is 37.2 Å². The van der Waals surface area contributed by atoms with Crippen molar-refractivity contribution in [1.29, 1.82) is 0 Å². The monoisotopic (exact) mass is 333 g/mol. The van der Waals surface area contributed by atoms with Gasteiger partial charge in [-0.25, -0.2) is 0 Å². The molecule has 1 atom stereocenters. The van der Waals surface area contributed by atoms with Gasteiger partial charge in [-0.1, -0.05) is 13.8 Å². The van der Waals surface area contributed by atoms with Gasteiger partial charge in [0.25, 0.3) is 5.91 Å². The van der Waals surface area contributed by atoms with Crippen LogP contribution in [0.3, 0.4) is 0 Å². The number of piperazine rings is 1. The van der Waals surface area contributed by atoms with Gasteiger partial charge in [0, 0.05) is 31.7 Å². The van der Waals surface area contributed by atoms with Gasteiger partial charge in [0.1, 0.15) is 11.8 Å². The molecule has 0 bridgehead atoms. The SMILES string of the molecule is COc1ccc(C(=O)NC(C(=O)N2CCN(C)CC2)C(C)C)cc1. The number of amides is 2. The Morgan fingerprint density at radius 3 is 2.17 bits per heavy atom. The molecule has 2 rings (SSSR count). The normalized spacial score (nSPS) is 16.8. The molecule has 1 aromatic rings. The van der Waals surface area contributed by atoms with Crippen molar-refractivity contribution in [3.05, 3.63) is 29.8 Å². The van der Waals surface area contributed by atoms with E-state index in [1.165, 1.54) is 0 Å². The van der Waals surface area contributed by atoms with E-state index in [1.54, 1.807) is 31.4 Å². The van der Waals surface area contributed by atoms with Crippen LogP contribution in [0.5, 0.6) is 5.75 Å². The molecule has 6 heteroatoms. The Bertz CT molecular complexity index is 563. The lowest BCUT2D eigenvalue weighted by atomic mass is 10.0. The molecule has 1 unspecified atom stereocenters. The van der Waals surface area contributed by atoms with Gasteiger partial charge in [0.2, 0.25) is 5.91 Å². The van der Waals surface area contributed by atoms with Crippen LogP contribution in [0.15, 0.2) is 24.3 Å². The van der Waals surface area contributed by atoms with E-state index in [0.717, 1.165) is 13.1 Å². The zero-order chi connectivity index (χ0) is 17.7. The largest absolute Gasteiger partial charge is 0.497 e. The van der Waals surface area contributed by atoms with Gasteiger partial charge >= 0.3 is 0 Å². The van der Waals surface area contributed by atoms with Gasteiger partial charge in [0.05, 0.1) is 7.11 Å². The van der Waals surface area contributed by atoms with Gasteiger partial charge in [-0.15, -0.1) is 0 Å². The number of nitrogens with one attached hydrogen (secondary N) is 1. The average Bonchev–Trinajstić information content (AvgIpc) is 2.59. The van der Waals surface area contributed by atoms with E-state index in [2.05, 4.69) is 10.2 Å². The minimum atomic E-state index is -0.511. The highest BCUT2D eigenvalue weighted by atomic mass is 16.5. The first kappa shape index (κ1) is 18.3. The van der Waals surface area contributed by atoms with Gasteiger partial charge in [0.15, 0.2) is 0 Å². The summed E-state index contributed by atoms with van der Waals surface area (Å²) < 4.78 is 5.10. The summed E-state index contributed by atoms with van der Waals surface area (Å²) >= 11 is 0. The molecular weight excluding hydrogens is 306 g/mol. The van der Waals surface area contributed by atoms with Crippen molar-refractivity contribution in [3.8, 4) is 5.75 Å². The number of methoxy groups -OCH3 is 1. The number of hydrogen-bond acceptors (Lipinski definition) is 4. The first-order valence-corrected chi connectivity index (χ1v) is 8.34. The van der Waals surface area contributed by atoms with Crippen LogP contribution in [0.2, 0.25) is 0 Å². The zero-order valence-electron chi connectivity index (χ0n) is 14.9. The summed E-state index contributed by atoms with van der Waals surface area (Å²) in [6.07, 6.45) is 0. The maximum atomic E-state index is 12.8. The molecule has 2 amide bonds. The van der Waals surface area contributed by atoms with Crippen molar-refractivity contribution in [3.63, 3.8) is 0 Å². The molecule has 0 aliphatic carbocycles. The Balaban J connectivity index is 2.04. The standard InChI is InChI=1S/C18H27N3O3/c1-13(2)16(18(23)21-11-9-20(3)10-12-21)19-17(22)14-5-7-15(24-4)8-6-14/h5-8,13,16H,9-12H2,1-4H3,(H,19,22). The molecule has 0 aromatic heterocycles. The van der Waals surface area contributed by atoms with Crippen molar-refractivity contribution in [2.75, 3.05) is 40.3 Å². The summed E-state index contributed by atoms with van der Waals surface area (Å²) in [6.45, 7) is 7.04. The Hall–Kier alpha value is -2.08. The molecule has 0 spiro atoms.